The number of carbonyl (C=O) groups is 2. The summed E-state index contributed by atoms with van der Waals surface area (Å²) in [6.45, 7) is 2.72. The molecule has 1 unspecified atom stereocenters. The van der Waals surface area contributed by atoms with Crippen molar-refractivity contribution in [1.29, 1.82) is 0 Å². The lowest BCUT2D eigenvalue weighted by Crippen LogP contribution is -2.49. The van der Waals surface area contributed by atoms with Crippen LogP contribution in [0.5, 0.6) is 0 Å². The smallest absolute Gasteiger partial charge is 0.328 e. The van der Waals surface area contributed by atoms with Crippen LogP contribution in [0.15, 0.2) is 24.3 Å². The van der Waals surface area contributed by atoms with Crippen molar-refractivity contribution in [3.63, 3.8) is 0 Å². The molecule has 1 heterocycles. The normalized spacial score (nSPS) is 18.1. The number of aryl methyl sites for hydroxylation is 1. The lowest BCUT2D eigenvalue weighted by Gasteiger charge is -2.33. The molecule has 22 heavy (non-hydrogen) atoms. The predicted octanol–water partition coefficient (Wildman–Crippen LogP) is 2.78. The lowest BCUT2D eigenvalue weighted by atomic mass is 10.0. The van der Waals surface area contributed by atoms with Gasteiger partial charge in [0.15, 0.2) is 0 Å². The van der Waals surface area contributed by atoms with E-state index in [-0.39, 0.29) is 11.9 Å². The highest BCUT2D eigenvalue weighted by Gasteiger charge is 2.32. The number of benzene rings is 1. The van der Waals surface area contributed by atoms with Crippen LogP contribution in [0.3, 0.4) is 0 Å². The molecule has 1 aliphatic heterocycles. The highest BCUT2D eigenvalue weighted by atomic mass is 32.2. The minimum atomic E-state index is -0.397. The topological polar surface area (TPSA) is 46.6 Å². The van der Waals surface area contributed by atoms with E-state index in [2.05, 4.69) is 31.2 Å². The van der Waals surface area contributed by atoms with Crippen molar-refractivity contribution in [3.05, 3.63) is 35.4 Å². The van der Waals surface area contributed by atoms with E-state index in [9.17, 15) is 9.59 Å². The zero-order valence-corrected chi connectivity index (χ0v) is 14.0. The van der Waals surface area contributed by atoms with Crippen LogP contribution in [-0.4, -0.2) is 42.2 Å². The van der Waals surface area contributed by atoms with Crippen molar-refractivity contribution >= 4 is 23.6 Å². The summed E-state index contributed by atoms with van der Waals surface area (Å²) in [6.07, 6.45) is 2.64. The minimum Gasteiger partial charge on any atom is -0.467 e. The fourth-order valence-electron chi connectivity index (χ4n) is 2.63. The molecule has 120 valence electrons. The summed E-state index contributed by atoms with van der Waals surface area (Å²) < 4.78 is 4.82. The van der Waals surface area contributed by atoms with Gasteiger partial charge in [0.1, 0.15) is 6.04 Å². The monoisotopic (exact) mass is 321 g/mol. The highest BCUT2D eigenvalue weighted by Crippen LogP contribution is 2.20. The molecule has 5 heteroatoms. The maximum absolute atomic E-state index is 12.4. The summed E-state index contributed by atoms with van der Waals surface area (Å²) in [5.74, 6) is 0.952. The Labute approximate surface area is 136 Å². The maximum Gasteiger partial charge on any atom is 0.328 e. The quantitative estimate of drug-likeness (QED) is 0.782. The summed E-state index contributed by atoms with van der Waals surface area (Å²) in [5, 5.41) is 0. The third-order valence-corrected chi connectivity index (χ3v) is 4.90. The molecule has 1 aromatic carbocycles. The Hall–Kier alpha value is -1.49. The number of carbonyl (C=O) groups excluding carboxylic acids is 2. The number of hydrogen-bond acceptors (Lipinski definition) is 4. The van der Waals surface area contributed by atoms with Gasteiger partial charge in [0.2, 0.25) is 5.91 Å². The first-order valence-corrected chi connectivity index (χ1v) is 8.78. The number of amides is 1. The Kier molecular flexibility index (Phi) is 6.31. The Balaban J connectivity index is 1.84. The largest absolute Gasteiger partial charge is 0.467 e. The van der Waals surface area contributed by atoms with E-state index in [0.717, 1.165) is 18.6 Å². The van der Waals surface area contributed by atoms with E-state index >= 15 is 0 Å². The van der Waals surface area contributed by atoms with Crippen molar-refractivity contribution < 1.29 is 14.3 Å². The van der Waals surface area contributed by atoms with Gasteiger partial charge in [-0.1, -0.05) is 29.8 Å². The SMILES string of the molecule is COC(=O)C1CCCCN1C(=O)CSCc1ccc(C)cc1. The average Bonchev–Trinajstić information content (AvgIpc) is 2.56. The molecule has 1 amide bonds. The zero-order valence-electron chi connectivity index (χ0n) is 13.2. The molecule has 0 spiro atoms. The third-order valence-electron chi connectivity index (χ3n) is 3.91. The molecule has 0 N–H and O–H groups in total. The van der Waals surface area contributed by atoms with Crippen molar-refractivity contribution in [2.45, 2.75) is 38.0 Å². The maximum atomic E-state index is 12.4. The van der Waals surface area contributed by atoms with Gasteiger partial charge in [-0.15, -0.1) is 11.8 Å². The van der Waals surface area contributed by atoms with Gasteiger partial charge in [0.05, 0.1) is 12.9 Å². The molecule has 0 saturated carbocycles. The molecule has 0 aromatic heterocycles. The number of ether oxygens (including phenoxy) is 1. The van der Waals surface area contributed by atoms with Crippen molar-refractivity contribution in [2.24, 2.45) is 0 Å². The van der Waals surface area contributed by atoms with Crippen LogP contribution in [0.25, 0.3) is 0 Å². The van der Waals surface area contributed by atoms with Crippen LogP contribution in [0.2, 0.25) is 0 Å². The van der Waals surface area contributed by atoms with E-state index in [0.29, 0.717) is 18.7 Å². The molecule has 2 rings (SSSR count). The Morgan fingerprint density at radius 3 is 2.68 bits per heavy atom. The Morgan fingerprint density at radius 1 is 1.27 bits per heavy atom. The van der Waals surface area contributed by atoms with E-state index in [1.54, 1.807) is 16.7 Å². The average molecular weight is 321 g/mol. The number of thioether (sulfide) groups is 1. The van der Waals surface area contributed by atoms with Gasteiger partial charge in [-0.2, -0.15) is 0 Å². The first kappa shape index (κ1) is 16.9. The van der Waals surface area contributed by atoms with Crippen LogP contribution in [0, 0.1) is 6.92 Å². The molecular weight excluding hydrogens is 298 g/mol. The number of rotatable bonds is 5. The highest BCUT2D eigenvalue weighted by molar-refractivity contribution is 7.99. The number of piperidine rings is 1. The molecule has 1 aromatic rings. The van der Waals surface area contributed by atoms with Crippen molar-refractivity contribution in [3.8, 4) is 0 Å². The number of esters is 1. The van der Waals surface area contributed by atoms with Crippen LogP contribution in [0.4, 0.5) is 0 Å². The first-order valence-electron chi connectivity index (χ1n) is 7.62. The molecule has 1 fully saturated rings. The van der Waals surface area contributed by atoms with Gasteiger partial charge in [-0.3, -0.25) is 4.79 Å². The van der Waals surface area contributed by atoms with Crippen LogP contribution in [0.1, 0.15) is 30.4 Å². The lowest BCUT2D eigenvalue weighted by molar-refractivity contribution is -0.153. The van der Waals surface area contributed by atoms with Crippen molar-refractivity contribution in [2.75, 3.05) is 19.4 Å². The summed E-state index contributed by atoms with van der Waals surface area (Å²) in [6, 6.07) is 7.94. The van der Waals surface area contributed by atoms with Gasteiger partial charge >= 0.3 is 5.97 Å². The molecule has 0 radical (unpaired) electrons. The third kappa shape index (κ3) is 4.50. The second kappa shape index (κ2) is 8.22. The second-order valence-corrected chi connectivity index (χ2v) is 6.59. The molecule has 0 bridgehead atoms. The fourth-order valence-corrected chi connectivity index (χ4v) is 3.51. The van der Waals surface area contributed by atoms with Gasteiger partial charge in [-0.05, 0) is 31.7 Å². The molecule has 4 nitrogen and oxygen atoms in total. The summed E-state index contributed by atoms with van der Waals surface area (Å²) in [5.41, 5.74) is 2.45. The van der Waals surface area contributed by atoms with Crippen LogP contribution < -0.4 is 0 Å². The first-order chi connectivity index (χ1) is 10.6. The van der Waals surface area contributed by atoms with E-state index in [1.807, 2.05) is 0 Å². The summed E-state index contributed by atoms with van der Waals surface area (Å²) >= 11 is 1.59. The van der Waals surface area contributed by atoms with Crippen molar-refractivity contribution in [1.82, 2.24) is 4.90 Å². The molecule has 1 atom stereocenters. The number of hydrogen-bond donors (Lipinski definition) is 0. The van der Waals surface area contributed by atoms with E-state index < -0.39 is 6.04 Å². The predicted molar refractivity (Wildman–Crippen MR) is 88.7 cm³/mol. The van der Waals surface area contributed by atoms with Gasteiger partial charge < -0.3 is 9.64 Å². The molecular formula is C17H23NO3S. The van der Waals surface area contributed by atoms with Gasteiger partial charge in [-0.25, -0.2) is 4.79 Å². The van der Waals surface area contributed by atoms with E-state index in [1.165, 1.54) is 18.2 Å². The summed E-state index contributed by atoms with van der Waals surface area (Å²) in [7, 11) is 1.38. The zero-order chi connectivity index (χ0) is 15.9. The Morgan fingerprint density at radius 2 is 2.00 bits per heavy atom. The Bertz CT molecular complexity index is 515. The number of likely N-dealkylation sites (tertiary alicyclic amines) is 1. The fraction of sp³-hybridized carbons (Fsp3) is 0.529. The standard InChI is InChI=1S/C17H23NO3S/c1-13-6-8-14(9-7-13)11-22-12-16(19)18-10-4-3-5-15(18)17(20)21-2/h6-9,15H,3-5,10-12H2,1-2H3. The molecule has 1 saturated heterocycles. The number of methoxy groups -OCH3 is 1. The van der Waals surface area contributed by atoms with Crippen LogP contribution >= 0.6 is 11.8 Å². The van der Waals surface area contributed by atoms with Gasteiger partial charge in [0.25, 0.3) is 0 Å². The molecule has 1 aliphatic rings. The van der Waals surface area contributed by atoms with E-state index in [4.69, 9.17) is 4.74 Å². The van der Waals surface area contributed by atoms with Crippen LogP contribution in [-0.2, 0) is 20.1 Å². The molecule has 0 aliphatic carbocycles. The summed E-state index contributed by atoms with van der Waals surface area (Å²) in [4.78, 5) is 25.8. The minimum absolute atomic E-state index is 0.0345. The second-order valence-electron chi connectivity index (χ2n) is 5.60. The van der Waals surface area contributed by atoms with Gasteiger partial charge in [0, 0.05) is 12.3 Å². The number of nitrogens with zero attached hydrogens (tertiary/aromatic N) is 1.